The Kier molecular flexibility index (Phi) is 8.05. The summed E-state index contributed by atoms with van der Waals surface area (Å²) in [5.74, 6) is -0.499. The van der Waals surface area contributed by atoms with E-state index in [1.807, 2.05) is 0 Å². The second-order valence-corrected chi connectivity index (χ2v) is 8.19. The molecule has 9 nitrogen and oxygen atoms in total. The van der Waals surface area contributed by atoms with E-state index < -0.39 is 17.8 Å². The number of fused-ring (bicyclic) bond motifs is 1. The van der Waals surface area contributed by atoms with Crippen LogP contribution in [0.1, 0.15) is 46.0 Å². The first-order valence-electron chi connectivity index (χ1n) is 11.7. The van der Waals surface area contributed by atoms with Crippen LogP contribution in [0.2, 0.25) is 0 Å². The second-order valence-electron chi connectivity index (χ2n) is 8.19. The maximum Gasteiger partial charge on any atom is 0.335 e. The lowest BCUT2D eigenvalue weighted by molar-refractivity contribution is -0.113. The molecule has 1 aliphatic rings. The number of carboxylic acids is 1. The highest BCUT2D eigenvalue weighted by Crippen LogP contribution is 2.33. The number of carbonyl (C=O) groups excluding carboxylic acids is 2. The maximum absolute atomic E-state index is 13.2. The summed E-state index contributed by atoms with van der Waals surface area (Å²) >= 11 is 0. The molecule has 0 saturated heterocycles. The number of ether oxygens (including phenoxy) is 3. The van der Waals surface area contributed by atoms with E-state index in [0.29, 0.717) is 35.0 Å². The second kappa shape index (κ2) is 11.8. The van der Waals surface area contributed by atoms with E-state index in [1.54, 1.807) is 48.5 Å². The predicted octanol–water partition coefficient (Wildman–Crippen LogP) is 4.70. The van der Waals surface area contributed by atoms with Gasteiger partial charge >= 0.3 is 5.97 Å². The van der Waals surface area contributed by atoms with Crippen molar-refractivity contribution in [3.05, 3.63) is 89.1 Å². The van der Waals surface area contributed by atoms with Gasteiger partial charge in [-0.3, -0.25) is 9.59 Å². The van der Waals surface area contributed by atoms with Crippen molar-refractivity contribution in [3.63, 3.8) is 0 Å². The Morgan fingerprint density at radius 1 is 0.973 bits per heavy atom. The van der Waals surface area contributed by atoms with Gasteiger partial charge in [-0.15, -0.1) is 0 Å². The summed E-state index contributed by atoms with van der Waals surface area (Å²) in [4.78, 5) is 37.5. The molecule has 0 bridgehead atoms. The molecule has 9 heteroatoms. The number of benzene rings is 3. The standard InChI is InChI=1S/C28H26N2O7/c1-2-3-13-35-22-10-8-19(9-11-22)26(31)30-23(14-18-7-12-24-25(15-18)37-17-36-24)27(32)29-21-6-4-5-20(16-21)28(33)34/h4-12,14-16H,2-3,13,17H2,1H3,(H,29,32)(H,30,31)(H,33,34). The van der Waals surface area contributed by atoms with E-state index in [4.69, 9.17) is 14.2 Å². The minimum atomic E-state index is -1.12. The average molecular weight is 503 g/mol. The molecule has 0 aliphatic carbocycles. The summed E-state index contributed by atoms with van der Waals surface area (Å²) < 4.78 is 16.4. The van der Waals surface area contributed by atoms with Gasteiger partial charge in [0.15, 0.2) is 11.5 Å². The molecule has 37 heavy (non-hydrogen) atoms. The SMILES string of the molecule is CCCCOc1ccc(C(=O)NC(=Cc2ccc3c(c2)OCO3)C(=O)Nc2cccc(C(=O)O)c2)cc1. The fourth-order valence-electron chi connectivity index (χ4n) is 3.49. The number of carbonyl (C=O) groups is 3. The Morgan fingerprint density at radius 3 is 2.51 bits per heavy atom. The van der Waals surface area contributed by atoms with Crippen molar-refractivity contribution < 1.29 is 33.7 Å². The highest BCUT2D eigenvalue weighted by Gasteiger charge is 2.18. The van der Waals surface area contributed by atoms with Crippen LogP contribution in [0.15, 0.2) is 72.4 Å². The summed E-state index contributed by atoms with van der Waals surface area (Å²) in [6.45, 7) is 2.77. The summed E-state index contributed by atoms with van der Waals surface area (Å²) in [6, 6.07) is 17.6. The molecular weight excluding hydrogens is 476 g/mol. The normalized spacial score (nSPS) is 12.1. The van der Waals surface area contributed by atoms with E-state index in [-0.39, 0.29) is 23.7 Å². The number of carboxylic acid groups (broad SMARTS) is 1. The zero-order chi connectivity index (χ0) is 26.2. The van der Waals surface area contributed by atoms with Gasteiger partial charge in [-0.2, -0.15) is 0 Å². The molecule has 0 atom stereocenters. The van der Waals surface area contributed by atoms with Crippen molar-refractivity contribution >= 4 is 29.5 Å². The molecule has 3 aromatic rings. The van der Waals surface area contributed by atoms with E-state index in [0.717, 1.165) is 12.8 Å². The molecule has 4 rings (SSSR count). The third kappa shape index (κ3) is 6.66. The number of aromatic carboxylic acids is 1. The van der Waals surface area contributed by atoms with Gasteiger partial charge in [0.1, 0.15) is 11.4 Å². The van der Waals surface area contributed by atoms with Crippen molar-refractivity contribution in [2.75, 3.05) is 18.7 Å². The number of nitrogens with one attached hydrogen (secondary N) is 2. The molecule has 0 aromatic heterocycles. The van der Waals surface area contributed by atoms with E-state index >= 15 is 0 Å². The lowest BCUT2D eigenvalue weighted by Crippen LogP contribution is -2.30. The van der Waals surface area contributed by atoms with Gasteiger partial charge in [-0.05, 0) is 72.7 Å². The molecular formula is C28H26N2O7. The van der Waals surface area contributed by atoms with E-state index in [1.165, 1.54) is 24.3 Å². The fraction of sp³-hybridized carbons (Fsp3) is 0.179. The summed E-state index contributed by atoms with van der Waals surface area (Å²) in [5.41, 5.74) is 1.16. The highest BCUT2D eigenvalue weighted by molar-refractivity contribution is 6.11. The van der Waals surface area contributed by atoms with Gasteiger partial charge < -0.3 is 30.0 Å². The lowest BCUT2D eigenvalue weighted by atomic mass is 10.1. The van der Waals surface area contributed by atoms with Gasteiger partial charge in [-0.1, -0.05) is 25.5 Å². The van der Waals surface area contributed by atoms with Crippen LogP contribution in [0.25, 0.3) is 6.08 Å². The van der Waals surface area contributed by atoms with Crippen LogP contribution in [0.4, 0.5) is 5.69 Å². The van der Waals surface area contributed by atoms with Gasteiger partial charge in [0.25, 0.3) is 11.8 Å². The first-order valence-corrected chi connectivity index (χ1v) is 11.7. The van der Waals surface area contributed by atoms with Gasteiger partial charge in [0, 0.05) is 11.3 Å². The van der Waals surface area contributed by atoms with E-state index in [9.17, 15) is 19.5 Å². The zero-order valence-corrected chi connectivity index (χ0v) is 20.2. The summed E-state index contributed by atoms with van der Waals surface area (Å²) in [6.07, 6.45) is 3.45. The molecule has 0 fully saturated rings. The lowest BCUT2D eigenvalue weighted by Gasteiger charge is -2.12. The van der Waals surface area contributed by atoms with Crippen molar-refractivity contribution in [1.82, 2.24) is 5.32 Å². The average Bonchev–Trinajstić information content (AvgIpc) is 3.37. The Labute approximate surface area is 213 Å². The number of hydrogen-bond donors (Lipinski definition) is 3. The topological polar surface area (TPSA) is 123 Å². The van der Waals surface area contributed by atoms with Crippen LogP contribution in [0, 0.1) is 0 Å². The largest absolute Gasteiger partial charge is 0.494 e. The molecule has 1 heterocycles. The van der Waals surface area contributed by atoms with Crippen LogP contribution >= 0.6 is 0 Å². The third-order valence-electron chi connectivity index (χ3n) is 5.45. The summed E-state index contributed by atoms with van der Waals surface area (Å²) in [5, 5.41) is 14.5. The first-order chi connectivity index (χ1) is 17.9. The van der Waals surface area contributed by atoms with Crippen LogP contribution in [-0.4, -0.2) is 36.3 Å². The molecule has 0 saturated carbocycles. The Balaban J connectivity index is 1.56. The summed E-state index contributed by atoms with van der Waals surface area (Å²) in [7, 11) is 0. The molecule has 3 aromatic carbocycles. The van der Waals surface area contributed by atoms with Crippen molar-refractivity contribution in [1.29, 1.82) is 0 Å². The zero-order valence-electron chi connectivity index (χ0n) is 20.2. The monoisotopic (exact) mass is 502 g/mol. The van der Waals surface area contributed by atoms with Crippen LogP contribution in [0.3, 0.4) is 0 Å². The molecule has 2 amide bonds. The minimum absolute atomic E-state index is 0.0179. The number of unbranched alkanes of at least 4 members (excludes halogenated alkanes) is 1. The molecule has 1 aliphatic heterocycles. The maximum atomic E-state index is 13.2. The number of anilines is 1. The molecule has 190 valence electrons. The predicted molar refractivity (Wildman–Crippen MR) is 137 cm³/mol. The quantitative estimate of drug-likeness (QED) is 0.271. The molecule has 0 radical (unpaired) electrons. The van der Waals surface area contributed by atoms with Gasteiger partial charge in [-0.25, -0.2) is 4.79 Å². The number of rotatable bonds is 10. The molecule has 3 N–H and O–H groups in total. The number of amides is 2. The van der Waals surface area contributed by atoms with Crippen molar-refractivity contribution in [2.45, 2.75) is 19.8 Å². The molecule has 0 unspecified atom stereocenters. The Hall–Kier alpha value is -4.79. The van der Waals surface area contributed by atoms with Crippen molar-refractivity contribution in [3.8, 4) is 17.2 Å². The Morgan fingerprint density at radius 2 is 1.76 bits per heavy atom. The smallest absolute Gasteiger partial charge is 0.335 e. The first kappa shape index (κ1) is 25.3. The van der Waals surface area contributed by atoms with Crippen LogP contribution in [-0.2, 0) is 4.79 Å². The van der Waals surface area contributed by atoms with Gasteiger partial charge in [0.2, 0.25) is 6.79 Å². The van der Waals surface area contributed by atoms with Crippen LogP contribution < -0.4 is 24.8 Å². The van der Waals surface area contributed by atoms with Crippen molar-refractivity contribution in [2.24, 2.45) is 0 Å². The third-order valence-corrected chi connectivity index (χ3v) is 5.45. The van der Waals surface area contributed by atoms with Crippen LogP contribution in [0.5, 0.6) is 17.2 Å². The fourth-order valence-corrected chi connectivity index (χ4v) is 3.49. The minimum Gasteiger partial charge on any atom is -0.494 e. The highest BCUT2D eigenvalue weighted by atomic mass is 16.7. The Bertz CT molecular complexity index is 1330. The number of hydrogen-bond acceptors (Lipinski definition) is 6. The van der Waals surface area contributed by atoms with E-state index in [2.05, 4.69) is 17.6 Å². The van der Waals surface area contributed by atoms with Gasteiger partial charge in [0.05, 0.1) is 12.2 Å². The molecule has 0 spiro atoms.